The molecule has 8 heteroatoms. The average molecular weight is 344 g/mol. The molecular formula is C17H24N6O2. The van der Waals surface area contributed by atoms with Gasteiger partial charge in [0.05, 0.1) is 31.2 Å². The van der Waals surface area contributed by atoms with Gasteiger partial charge in [-0.3, -0.25) is 14.8 Å². The van der Waals surface area contributed by atoms with E-state index >= 15 is 0 Å². The van der Waals surface area contributed by atoms with E-state index in [1.54, 1.807) is 37.8 Å². The number of guanidine groups is 1. The molecule has 1 amide bonds. The second-order valence-electron chi connectivity index (χ2n) is 6.44. The zero-order valence-corrected chi connectivity index (χ0v) is 15.0. The van der Waals surface area contributed by atoms with Crippen LogP contribution in [0.4, 0.5) is 5.69 Å². The van der Waals surface area contributed by atoms with E-state index in [1.165, 1.54) is 0 Å². The minimum atomic E-state index is -0.193. The lowest BCUT2D eigenvalue weighted by atomic mass is 9.94. The van der Waals surface area contributed by atoms with Crippen molar-refractivity contribution in [3.8, 4) is 0 Å². The number of rotatable bonds is 5. The molecule has 0 aliphatic heterocycles. The van der Waals surface area contributed by atoms with E-state index in [1.807, 2.05) is 0 Å². The highest BCUT2D eigenvalue weighted by Gasteiger charge is 2.19. The Kier molecular flexibility index (Phi) is 6.10. The third-order valence-corrected chi connectivity index (χ3v) is 3.29. The SMILES string of the molecule is CN=C(NCC(=O)Nc1cccnc1)NCc1ncc(C(C)(C)C)o1. The third-order valence-electron chi connectivity index (χ3n) is 3.29. The monoisotopic (exact) mass is 344 g/mol. The van der Waals surface area contributed by atoms with Crippen LogP contribution in [0.15, 0.2) is 40.1 Å². The summed E-state index contributed by atoms with van der Waals surface area (Å²) in [5.74, 6) is 1.68. The summed E-state index contributed by atoms with van der Waals surface area (Å²) in [6, 6.07) is 3.53. The van der Waals surface area contributed by atoms with Gasteiger partial charge in [-0.1, -0.05) is 20.8 Å². The summed E-state index contributed by atoms with van der Waals surface area (Å²) in [6.45, 7) is 6.64. The molecule has 3 N–H and O–H groups in total. The number of hydrogen-bond acceptors (Lipinski definition) is 5. The molecule has 8 nitrogen and oxygen atoms in total. The maximum absolute atomic E-state index is 11.9. The summed E-state index contributed by atoms with van der Waals surface area (Å²) in [7, 11) is 1.63. The van der Waals surface area contributed by atoms with E-state index in [9.17, 15) is 4.79 Å². The van der Waals surface area contributed by atoms with Crippen LogP contribution in [-0.2, 0) is 16.8 Å². The molecule has 0 aliphatic rings. The maximum Gasteiger partial charge on any atom is 0.243 e. The minimum Gasteiger partial charge on any atom is -0.443 e. The van der Waals surface area contributed by atoms with Gasteiger partial charge < -0.3 is 20.4 Å². The Labute approximate surface area is 147 Å². The largest absolute Gasteiger partial charge is 0.443 e. The van der Waals surface area contributed by atoms with Crippen LogP contribution in [0.25, 0.3) is 0 Å². The Morgan fingerprint density at radius 3 is 2.68 bits per heavy atom. The molecule has 0 aliphatic carbocycles. The maximum atomic E-state index is 11.9. The topological polar surface area (TPSA) is 104 Å². The first-order chi connectivity index (χ1) is 11.9. The summed E-state index contributed by atoms with van der Waals surface area (Å²) in [5.41, 5.74) is 0.557. The second kappa shape index (κ2) is 8.27. The van der Waals surface area contributed by atoms with Gasteiger partial charge in [-0.2, -0.15) is 0 Å². The highest BCUT2D eigenvalue weighted by Crippen LogP contribution is 2.22. The molecule has 2 aromatic heterocycles. The normalized spacial score (nSPS) is 11.9. The number of anilines is 1. The Morgan fingerprint density at radius 1 is 1.28 bits per heavy atom. The van der Waals surface area contributed by atoms with Crippen LogP contribution in [0.1, 0.15) is 32.4 Å². The van der Waals surface area contributed by atoms with Gasteiger partial charge in [0.1, 0.15) is 5.76 Å². The first-order valence-corrected chi connectivity index (χ1v) is 7.98. The fourth-order valence-corrected chi connectivity index (χ4v) is 1.92. The lowest BCUT2D eigenvalue weighted by Gasteiger charge is -2.13. The molecule has 0 fully saturated rings. The molecule has 134 valence electrons. The Hall–Kier alpha value is -2.90. The van der Waals surface area contributed by atoms with Gasteiger partial charge >= 0.3 is 0 Å². The first-order valence-electron chi connectivity index (χ1n) is 7.98. The zero-order chi connectivity index (χ0) is 18.3. The number of oxazole rings is 1. The summed E-state index contributed by atoms with van der Waals surface area (Å²) >= 11 is 0. The quantitative estimate of drug-likeness (QED) is 0.563. The molecule has 0 spiro atoms. The van der Waals surface area contributed by atoms with Gasteiger partial charge in [0.15, 0.2) is 5.96 Å². The van der Waals surface area contributed by atoms with Gasteiger partial charge in [-0.05, 0) is 12.1 Å². The van der Waals surface area contributed by atoms with Gasteiger partial charge in [-0.25, -0.2) is 4.98 Å². The molecule has 2 aromatic rings. The van der Waals surface area contributed by atoms with Crippen LogP contribution < -0.4 is 16.0 Å². The lowest BCUT2D eigenvalue weighted by molar-refractivity contribution is -0.115. The Morgan fingerprint density at radius 2 is 2.08 bits per heavy atom. The number of nitrogens with zero attached hydrogens (tertiary/aromatic N) is 3. The number of pyridine rings is 1. The van der Waals surface area contributed by atoms with E-state index in [2.05, 4.69) is 51.7 Å². The highest BCUT2D eigenvalue weighted by molar-refractivity contribution is 5.94. The van der Waals surface area contributed by atoms with Gasteiger partial charge in [0, 0.05) is 18.7 Å². The molecule has 0 aromatic carbocycles. The van der Waals surface area contributed by atoms with Crippen LogP contribution in [0.5, 0.6) is 0 Å². The lowest BCUT2D eigenvalue weighted by Crippen LogP contribution is -2.41. The number of nitrogens with one attached hydrogen (secondary N) is 3. The van der Waals surface area contributed by atoms with E-state index in [4.69, 9.17) is 4.42 Å². The fourth-order valence-electron chi connectivity index (χ4n) is 1.92. The van der Waals surface area contributed by atoms with E-state index in [0.717, 1.165) is 5.76 Å². The smallest absolute Gasteiger partial charge is 0.243 e. The van der Waals surface area contributed by atoms with Crippen molar-refractivity contribution in [1.29, 1.82) is 0 Å². The molecular weight excluding hydrogens is 320 g/mol. The summed E-state index contributed by atoms with van der Waals surface area (Å²) in [5, 5.41) is 8.73. The van der Waals surface area contributed by atoms with Crippen molar-refractivity contribution in [2.24, 2.45) is 4.99 Å². The van der Waals surface area contributed by atoms with Crippen molar-refractivity contribution in [3.63, 3.8) is 0 Å². The van der Waals surface area contributed by atoms with Crippen LogP contribution >= 0.6 is 0 Å². The Balaban J connectivity index is 1.79. The molecule has 0 saturated heterocycles. The number of aliphatic imine (C=N–C) groups is 1. The Bertz CT molecular complexity index is 718. The average Bonchev–Trinajstić information content (AvgIpc) is 3.05. The fraction of sp³-hybridized carbons (Fsp3) is 0.412. The van der Waals surface area contributed by atoms with Gasteiger partial charge in [0.2, 0.25) is 11.8 Å². The minimum absolute atomic E-state index is 0.0768. The van der Waals surface area contributed by atoms with Crippen molar-refractivity contribution in [3.05, 3.63) is 42.4 Å². The predicted octanol–water partition coefficient (Wildman–Crippen LogP) is 1.67. The number of carbonyl (C=O) groups is 1. The van der Waals surface area contributed by atoms with E-state index < -0.39 is 0 Å². The van der Waals surface area contributed by atoms with E-state index in [0.29, 0.717) is 24.1 Å². The van der Waals surface area contributed by atoms with E-state index in [-0.39, 0.29) is 17.9 Å². The highest BCUT2D eigenvalue weighted by atomic mass is 16.4. The molecule has 2 rings (SSSR count). The van der Waals surface area contributed by atoms with Crippen molar-refractivity contribution in [2.45, 2.75) is 32.7 Å². The molecule has 0 atom stereocenters. The van der Waals surface area contributed by atoms with Crippen molar-refractivity contribution >= 4 is 17.6 Å². The number of amides is 1. The summed E-state index contributed by atoms with van der Waals surface area (Å²) in [4.78, 5) is 24.2. The van der Waals surface area contributed by atoms with Crippen LogP contribution in [0, 0.1) is 0 Å². The van der Waals surface area contributed by atoms with Crippen LogP contribution in [0.3, 0.4) is 0 Å². The first kappa shape index (κ1) is 18.4. The second-order valence-corrected chi connectivity index (χ2v) is 6.44. The molecule has 25 heavy (non-hydrogen) atoms. The summed E-state index contributed by atoms with van der Waals surface area (Å²) < 4.78 is 5.70. The van der Waals surface area contributed by atoms with Crippen LogP contribution in [-0.4, -0.2) is 35.4 Å². The molecule has 0 saturated carbocycles. The molecule has 2 heterocycles. The number of carbonyl (C=O) groups excluding carboxylic acids is 1. The molecule has 0 unspecified atom stereocenters. The molecule has 0 bridgehead atoms. The van der Waals surface area contributed by atoms with Crippen molar-refractivity contribution in [2.75, 3.05) is 18.9 Å². The van der Waals surface area contributed by atoms with Crippen molar-refractivity contribution in [1.82, 2.24) is 20.6 Å². The summed E-state index contributed by atoms with van der Waals surface area (Å²) in [6.07, 6.45) is 4.96. The molecule has 0 radical (unpaired) electrons. The van der Waals surface area contributed by atoms with Gasteiger partial charge in [-0.15, -0.1) is 0 Å². The predicted molar refractivity (Wildman–Crippen MR) is 96.3 cm³/mol. The number of aromatic nitrogens is 2. The third kappa shape index (κ3) is 5.91. The number of hydrogen-bond donors (Lipinski definition) is 3. The van der Waals surface area contributed by atoms with Crippen LogP contribution in [0.2, 0.25) is 0 Å². The van der Waals surface area contributed by atoms with Crippen molar-refractivity contribution < 1.29 is 9.21 Å². The van der Waals surface area contributed by atoms with Gasteiger partial charge in [0.25, 0.3) is 0 Å². The zero-order valence-electron chi connectivity index (χ0n) is 15.0. The standard InChI is InChI=1S/C17H24N6O2/c1-17(2,3)13-9-20-15(25-13)11-22-16(18-4)21-10-14(24)23-12-6-5-7-19-8-12/h5-9H,10-11H2,1-4H3,(H,23,24)(H2,18,21,22).